The predicted molar refractivity (Wildman–Crippen MR) is 84.2 cm³/mol. The van der Waals surface area contributed by atoms with Crippen LogP contribution in [0, 0.1) is 16.7 Å². The fraction of sp³-hybridized carbons (Fsp3) is 0.923. The molecule has 0 unspecified atom stereocenters. The van der Waals surface area contributed by atoms with Crippen molar-refractivity contribution in [2.75, 3.05) is 36.9 Å². The van der Waals surface area contributed by atoms with Crippen molar-refractivity contribution in [1.82, 2.24) is 9.62 Å². The van der Waals surface area contributed by atoms with E-state index in [0.29, 0.717) is 6.54 Å². The Morgan fingerprint density at radius 3 is 2.30 bits per heavy atom. The third-order valence-electron chi connectivity index (χ3n) is 3.45. The lowest BCUT2D eigenvalue weighted by Crippen LogP contribution is -2.54. The van der Waals surface area contributed by atoms with Crippen LogP contribution in [-0.4, -0.2) is 55.7 Å². The first-order valence-corrected chi connectivity index (χ1v) is 9.60. The molecule has 0 spiro atoms. The number of hydrogen-bond donors (Lipinski definition) is 1. The third kappa shape index (κ3) is 5.60. The summed E-state index contributed by atoms with van der Waals surface area (Å²) in [6.07, 6.45) is 0. The number of hydrogen-bond acceptors (Lipinski definition) is 5. The minimum atomic E-state index is -3.43. The molecule has 1 rings (SSSR count). The molecule has 0 bridgehead atoms. The summed E-state index contributed by atoms with van der Waals surface area (Å²) < 4.78 is 26.8. The van der Waals surface area contributed by atoms with E-state index in [1.165, 1.54) is 0 Å². The molecular weight excluding hydrogens is 294 g/mol. The van der Waals surface area contributed by atoms with Gasteiger partial charge in [0.15, 0.2) is 0 Å². The molecule has 5 nitrogen and oxygen atoms in total. The first-order valence-electron chi connectivity index (χ1n) is 6.79. The molecule has 1 heterocycles. The molecule has 7 heteroatoms. The lowest BCUT2D eigenvalue weighted by Gasteiger charge is -2.40. The fourth-order valence-corrected chi connectivity index (χ4v) is 4.72. The Morgan fingerprint density at radius 1 is 1.25 bits per heavy atom. The van der Waals surface area contributed by atoms with E-state index in [2.05, 4.69) is 23.5 Å². The summed E-state index contributed by atoms with van der Waals surface area (Å²) in [5.41, 5.74) is -1.07. The van der Waals surface area contributed by atoms with Gasteiger partial charge in [-0.2, -0.15) is 17.0 Å². The highest BCUT2D eigenvalue weighted by molar-refractivity contribution is 7.99. The number of rotatable bonds is 6. The Kier molecular flexibility index (Phi) is 5.90. The van der Waals surface area contributed by atoms with Crippen molar-refractivity contribution in [3.05, 3.63) is 0 Å². The topological polar surface area (TPSA) is 73.2 Å². The second kappa shape index (κ2) is 6.65. The van der Waals surface area contributed by atoms with Gasteiger partial charge in [-0.25, -0.2) is 13.1 Å². The highest BCUT2D eigenvalue weighted by Crippen LogP contribution is 2.20. The number of nitrogens with zero attached hydrogens (tertiary/aromatic N) is 2. The summed E-state index contributed by atoms with van der Waals surface area (Å²) >= 11 is 1.93. The van der Waals surface area contributed by atoms with Crippen molar-refractivity contribution >= 4 is 21.8 Å². The zero-order valence-electron chi connectivity index (χ0n) is 12.8. The van der Waals surface area contributed by atoms with Gasteiger partial charge in [0.05, 0.1) is 17.2 Å². The lowest BCUT2D eigenvalue weighted by molar-refractivity contribution is 0.138. The van der Waals surface area contributed by atoms with Crippen LogP contribution < -0.4 is 4.72 Å². The van der Waals surface area contributed by atoms with Gasteiger partial charge in [-0.15, -0.1) is 0 Å². The quantitative estimate of drug-likeness (QED) is 0.798. The van der Waals surface area contributed by atoms with Crippen LogP contribution in [0.4, 0.5) is 0 Å². The van der Waals surface area contributed by atoms with Crippen molar-refractivity contribution in [1.29, 1.82) is 5.26 Å². The van der Waals surface area contributed by atoms with E-state index in [4.69, 9.17) is 5.26 Å². The van der Waals surface area contributed by atoms with Crippen LogP contribution in [-0.2, 0) is 10.0 Å². The van der Waals surface area contributed by atoms with E-state index in [-0.39, 0.29) is 11.3 Å². The maximum Gasteiger partial charge on any atom is 0.213 e. The summed E-state index contributed by atoms with van der Waals surface area (Å²) in [6, 6.07) is 2.03. The fourth-order valence-electron chi connectivity index (χ4n) is 2.13. The minimum Gasteiger partial charge on any atom is -0.295 e. The molecular formula is C13H25N3O2S2. The van der Waals surface area contributed by atoms with Crippen molar-refractivity contribution in [2.45, 2.75) is 33.2 Å². The molecule has 0 amide bonds. The molecule has 1 aliphatic heterocycles. The highest BCUT2D eigenvalue weighted by atomic mass is 32.2. The van der Waals surface area contributed by atoms with Crippen LogP contribution in [0.2, 0.25) is 0 Å². The van der Waals surface area contributed by atoms with Crippen LogP contribution in [0.1, 0.15) is 27.7 Å². The lowest BCUT2D eigenvalue weighted by atomic mass is 10.00. The number of nitriles is 1. The average molecular weight is 319 g/mol. The number of sulfonamides is 1. The molecule has 1 saturated heterocycles. The SMILES string of the molecule is CC(C)(C#N)CS(=O)(=O)NCC(C)(C)N1CCSCC1. The summed E-state index contributed by atoms with van der Waals surface area (Å²) in [7, 11) is -3.43. The molecule has 1 fully saturated rings. The standard InChI is InChI=1S/C13H25N3O2S2/c1-12(2,9-14)11-20(17,18)15-10-13(3,4)16-5-7-19-8-6-16/h15H,5-8,10-11H2,1-4H3. The predicted octanol–water partition coefficient (Wildman–Crippen LogP) is 1.28. The minimum absolute atomic E-state index is 0.164. The zero-order chi connectivity index (χ0) is 15.4. The van der Waals surface area contributed by atoms with Gasteiger partial charge >= 0.3 is 0 Å². The second-order valence-corrected chi connectivity index (χ2v) is 9.52. The maximum atomic E-state index is 12.0. The van der Waals surface area contributed by atoms with E-state index in [1.54, 1.807) is 13.8 Å². The van der Waals surface area contributed by atoms with Gasteiger partial charge in [0.25, 0.3) is 0 Å². The number of thioether (sulfide) groups is 1. The molecule has 0 atom stereocenters. The first-order chi connectivity index (χ1) is 9.08. The molecule has 0 aliphatic carbocycles. The van der Waals surface area contributed by atoms with E-state index in [1.807, 2.05) is 17.8 Å². The summed E-state index contributed by atoms with van der Waals surface area (Å²) in [4.78, 5) is 2.32. The van der Waals surface area contributed by atoms with Crippen molar-refractivity contribution < 1.29 is 8.42 Å². The smallest absolute Gasteiger partial charge is 0.213 e. The second-order valence-electron chi connectivity index (χ2n) is 6.49. The van der Waals surface area contributed by atoms with Gasteiger partial charge in [-0.05, 0) is 27.7 Å². The summed E-state index contributed by atoms with van der Waals surface area (Å²) in [6.45, 7) is 9.74. The Bertz CT molecular complexity index is 460. The largest absolute Gasteiger partial charge is 0.295 e. The molecule has 0 saturated carbocycles. The van der Waals surface area contributed by atoms with Crippen molar-refractivity contribution in [2.24, 2.45) is 5.41 Å². The van der Waals surface area contributed by atoms with Crippen LogP contribution in [0.25, 0.3) is 0 Å². The maximum absolute atomic E-state index is 12.0. The van der Waals surface area contributed by atoms with E-state index < -0.39 is 15.4 Å². The Morgan fingerprint density at radius 2 is 1.80 bits per heavy atom. The van der Waals surface area contributed by atoms with Crippen molar-refractivity contribution in [3.8, 4) is 6.07 Å². The third-order valence-corrected chi connectivity index (χ3v) is 6.07. The summed E-state index contributed by atoms with van der Waals surface area (Å²) in [5.74, 6) is 2.03. The van der Waals surface area contributed by atoms with Crippen LogP contribution in [0.5, 0.6) is 0 Å². The van der Waals surface area contributed by atoms with Crippen LogP contribution in [0.3, 0.4) is 0 Å². The first kappa shape index (κ1) is 17.8. The monoisotopic (exact) mass is 319 g/mol. The normalized spacial score (nSPS) is 18.8. The molecule has 20 heavy (non-hydrogen) atoms. The van der Waals surface area contributed by atoms with Crippen molar-refractivity contribution in [3.63, 3.8) is 0 Å². The Balaban J connectivity index is 2.58. The van der Waals surface area contributed by atoms with Gasteiger partial charge in [0.1, 0.15) is 0 Å². The molecule has 116 valence electrons. The van der Waals surface area contributed by atoms with Crippen LogP contribution in [0.15, 0.2) is 0 Å². The van der Waals surface area contributed by atoms with Gasteiger partial charge in [0.2, 0.25) is 10.0 Å². The van der Waals surface area contributed by atoms with Crippen LogP contribution >= 0.6 is 11.8 Å². The van der Waals surface area contributed by atoms with E-state index in [9.17, 15) is 8.42 Å². The highest BCUT2D eigenvalue weighted by Gasteiger charge is 2.31. The van der Waals surface area contributed by atoms with Gasteiger partial charge in [-0.3, -0.25) is 4.90 Å². The Labute approximate surface area is 127 Å². The number of nitrogens with one attached hydrogen (secondary N) is 1. The van der Waals surface area contributed by atoms with Gasteiger partial charge < -0.3 is 0 Å². The van der Waals surface area contributed by atoms with Gasteiger partial charge in [0, 0.05) is 36.7 Å². The molecule has 0 aromatic rings. The zero-order valence-corrected chi connectivity index (χ0v) is 14.4. The molecule has 1 aliphatic rings. The average Bonchev–Trinajstić information content (AvgIpc) is 2.37. The van der Waals surface area contributed by atoms with E-state index in [0.717, 1.165) is 24.6 Å². The Hall–Kier alpha value is -0.290. The molecule has 1 N–H and O–H groups in total. The molecule has 0 aromatic carbocycles. The molecule has 0 aromatic heterocycles. The molecule has 0 radical (unpaired) electrons. The van der Waals surface area contributed by atoms with E-state index >= 15 is 0 Å². The van der Waals surface area contributed by atoms with Gasteiger partial charge in [-0.1, -0.05) is 0 Å². The summed E-state index contributed by atoms with van der Waals surface area (Å²) in [5, 5.41) is 8.94.